The van der Waals surface area contributed by atoms with Crippen molar-refractivity contribution in [2.45, 2.75) is 26.3 Å². The molecular formula is C13H19N5O. The largest absolute Gasteiger partial charge is 0.399 e. The van der Waals surface area contributed by atoms with Crippen LogP contribution in [-0.4, -0.2) is 33.9 Å². The lowest BCUT2D eigenvalue weighted by Crippen LogP contribution is -2.16. The molecule has 2 N–H and O–H groups in total. The molecule has 1 aromatic carbocycles. The van der Waals surface area contributed by atoms with Crippen molar-refractivity contribution in [2.75, 3.05) is 19.5 Å². The van der Waals surface area contributed by atoms with Gasteiger partial charge in [-0.3, -0.25) is 0 Å². The van der Waals surface area contributed by atoms with Crippen molar-refractivity contribution < 1.29 is 4.74 Å². The summed E-state index contributed by atoms with van der Waals surface area (Å²) in [5.41, 5.74) is 8.60. The molecule has 0 aliphatic rings. The summed E-state index contributed by atoms with van der Waals surface area (Å²) in [6, 6.07) is 5.87. The molecule has 2 aromatic rings. The molecule has 6 heteroatoms. The third-order valence-corrected chi connectivity index (χ3v) is 3.17. The van der Waals surface area contributed by atoms with Crippen LogP contribution in [0.4, 0.5) is 5.69 Å². The number of methoxy groups -OCH3 is 1. The van der Waals surface area contributed by atoms with Gasteiger partial charge in [-0.05, 0) is 41.5 Å². The van der Waals surface area contributed by atoms with E-state index in [2.05, 4.69) is 22.4 Å². The lowest BCUT2D eigenvalue weighted by atomic mass is 10.1. The number of hydrogen-bond acceptors (Lipinski definition) is 5. The van der Waals surface area contributed by atoms with Crippen molar-refractivity contribution in [2.24, 2.45) is 0 Å². The normalized spacial score (nSPS) is 12.6. The Kier molecular flexibility index (Phi) is 4.11. The van der Waals surface area contributed by atoms with Crippen LogP contribution in [0.2, 0.25) is 0 Å². The number of ether oxygens (including phenoxy) is 1. The number of tetrazole rings is 1. The van der Waals surface area contributed by atoms with Gasteiger partial charge in [0.2, 0.25) is 0 Å². The maximum atomic E-state index is 5.85. The van der Waals surface area contributed by atoms with Crippen LogP contribution in [-0.2, 0) is 4.74 Å². The van der Waals surface area contributed by atoms with E-state index in [9.17, 15) is 0 Å². The van der Waals surface area contributed by atoms with Gasteiger partial charge in [0.1, 0.15) is 0 Å². The third-order valence-electron chi connectivity index (χ3n) is 3.17. The van der Waals surface area contributed by atoms with Crippen molar-refractivity contribution in [3.05, 3.63) is 23.8 Å². The first-order valence-corrected chi connectivity index (χ1v) is 6.30. The van der Waals surface area contributed by atoms with E-state index in [1.54, 1.807) is 7.11 Å². The first-order valence-electron chi connectivity index (χ1n) is 6.30. The molecule has 0 amide bonds. The minimum absolute atomic E-state index is 0.121. The number of aryl methyl sites for hydroxylation is 1. The van der Waals surface area contributed by atoms with Crippen LogP contribution in [0.1, 0.15) is 24.9 Å². The maximum absolute atomic E-state index is 5.85. The van der Waals surface area contributed by atoms with E-state index in [1.807, 2.05) is 29.8 Å². The molecular weight excluding hydrogens is 242 g/mol. The SMILES string of the molecule is CCC(COC)n1nnnc1-c1cc(N)ccc1C. The Morgan fingerprint density at radius 2 is 2.21 bits per heavy atom. The Morgan fingerprint density at radius 3 is 2.89 bits per heavy atom. The zero-order chi connectivity index (χ0) is 13.8. The van der Waals surface area contributed by atoms with E-state index in [0.29, 0.717) is 12.3 Å². The topological polar surface area (TPSA) is 78.8 Å². The van der Waals surface area contributed by atoms with Crippen molar-refractivity contribution in [1.29, 1.82) is 0 Å². The highest BCUT2D eigenvalue weighted by Crippen LogP contribution is 2.25. The molecule has 1 atom stereocenters. The Balaban J connectivity index is 2.46. The molecule has 0 aliphatic heterocycles. The van der Waals surface area contributed by atoms with E-state index in [-0.39, 0.29) is 6.04 Å². The second kappa shape index (κ2) is 5.79. The molecule has 0 bridgehead atoms. The molecule has 1 heterocycles. The number of nitrogen functional groups attached to an aromatic ring is 1. The first-order chi connectivity index (χ1) is 9.17. The maximum Gasteiger partial charge on any atom is 0.182 e. The Bertz CT molecular complexity index is 552. The molecule has 1 unspecified atom stereocenters. The standard InChI is InChI=1S/C13H19N5O/c1-4-11(8-19-3)18-13(15-16-17-18)12-7-10(14)6-5-9(12)2/h5-7,11H,4,8,14H2,1-3H3. The van der Waals surface area contributed by atoms with Crippen molar-refractivity contribution in [1.82, 2.24) is 20.2 Å². The van der Waals surface area contributed by atoms with Gasteiger partial charge in [-0.1, -0.05) is 13.0 Å². The molecule has 0 spiro atoms. The summed E-state index contributed by atoms with van der Waals surface area (Å²) in [4.78, 5) is 0. The van der Waals surface area contributed by atoms with Crippen molar-refractivity contribution >= 4 is 5.69 Å². The summed E-state index contributed by atoms with van der Waals surface area (Å²) < 4.78 is 7.03. The highest BCUT2D eigenvalue weighted by atomic mass is 16.5. The lowest BCUT2D eigenvalue weighted by molar-refractivity contribution is 0.147. The average Bonchev–Trinajstić information content (AvgIpc) is 2.87. The fourth-order valence-electron chi connectivity index (χ4n) is 2.05. The van der Waals surface area contributed by atoms with Crippen LogP contribution in [0.25, 0.3) is 11.4 Å². The van der Waals surface area contributed by atoms with Gasteiger partial charge in [-0.2, -0.15) is 0 Å². The molecule has 19 heavy (non-hydrogen) atoms. The van der Waals surface area contributed by atoms with Crippen molar-refractivity contribution in [3.8, 4) is 11.4 Å². The monoisotopic (exact) mass is 261 g/mol. The van der Waals surface area contributed by atoms with E-state index in [0.717, 1.165) is 23.4 Å². The summed E-state index contributed by atoms with van der Waals surface area (Å²) in [5.74, 6) is 0.730. The summed E-state index contributed by atoms with van der Waals surface area (Å²) in [6.07, 6.45) is 0.896. The highest BCUT2D eigenvalue weighted by Gasteiger charge is 2.18. The van der Waals surface area contributed by atoms with Crippen LogP contribution >= 0.6 is 0 Å². The highest BCUT2D eigenvalue weighted by molar-refractivity contribution is 5.65. The number of aromatic nitrogens is 4. The Hall–Kier alpha value is -1.95. The molecule has 102 valence electrons. The second-order valence-electron chi connectivity index (χ2n) is 4.54. The molecule has 0 saturated carbocycles. The molecule has 0 saturated heterocycles. The number of nitrogens with two attached hydrogens (primary N) is 1. The smallest absolute Gasteiger partial charge is 0.182 e. The van der Waals surface area contributed by atoms with E-state index in [4.69, 9.17) is 10.5 Å². The number of nitrogens with zero attached hydrogens (tertiary/aromatic N) is 4. The predicted octanol–water partition coefficient (Wildman–Crippen LogP) is 1.83. The average molecular weight is 261 g/mol. The number of anilines is 1. The van der Waals surface area contributed by atoms with Crippen molar-refractivity contribution in [3.63, 3.8) is 0 Å². The summed E-state index contributed by atoms with van der Waals surface area (Å²) >= 11 is 0. The Morgan fingerprint density at radius 1 is 1.42 bits per heavy atom. The molecule has 0 radical (unpaired) electrons. The van der Waals surface area contributed by atoms with Crippen LogP contribution in [0.15, 0.2) is 18.2 Å². The zero-order valence-electron chi connectivity index (χ0n) is 11.5. The van der Waals surface area contributed by atoms with Gasteiger partial charge in [0, 0.05) is 18.4 Å². The number of rotatable bonds is 5. The zero-order valence-corrected chi connectivity index (χ0v) is 11.5. The fourth-order valence-corrected chi connectivity index (χ4v) is 2.05. The van der Waals surface area contributed by atoms with Gasteiger partial charge in [0.15, 0.2) is 5.82 Å². The van der Waals surface area contributed by atoms with Crippen LogP contribution in [0, 0.1) is 6.92 Å². The molecule has 6 nitrogen and oxygen atoms in total. The van der Waals surface area contributed by atoms with E-state index < -0.39 is 0 Å². The third kappa shape index (κ3) is 2.73. The Labute approximate surface area is 112 Å². The quantitative estimate of drug-likeness (QED) is 0.831. The van der Waals surface area contributed by atoms with Gasteiger partial charge in [-0.25, -0.2) is 4.68 Å². The summed E-state index contributed by atoms with van der Waals surface area (Å²) in [6.45, 7) is 4.68. The van der Waals surface area contributed by atoms with Gasteiger partial charge in [0.25, 0.3) is 0 Å². The first kappa shape index (κ1) is 13.5. The molecule has 2 rings (SSSR count). The van der Waals surface area contributed by atoms with Crippen LogP contribution in [0.5, 0.6) is 0 Å². The van der Waals surface area contributed by atoms with E-state index >= 15 is 0 Å². The molecule has 0 aliphatic carbocycles. The van der Waals surface area contributed by atoms with Crippen LogP contribution in [0.3, 0.4) is 0 Å². The van der Waals surface area contributed by atoms with Gasteiger partial charge < -0.3 is 10.5 Å². The predicted molar refractivity (Wildman–Crippen MR) is 73.6 cm³/mol. The number of benzene rings is 1. The molecule has 0 fully saturated rings. The fraction of sp³-hybridized carbons (Fsp3) is 0.462. The summed E-state index contributed by atoms with van der Waals surface area (Å²) in [7, 11) is 1.68. The number of hydrogen-bond donors (Lipinski definition) is 1. The van der Waals surface area contributed by atoms with Gasteiger partial charge in [-0.15, -0.1) is 5.10 Å². The van der Waals surface area contributed by atoms with E-state index in [1.165, 1.54) is 0 Å². The summed E-state index contributed by atoms with van der Waals surface area (Å²) in [5, 5.41) is 12.0. The minimum Gasteiger partial charge on any atom is -0.399 e. The minimum atomic E-state index is 0.121. The molecule has 1 aromatic heterocycles. The second-order valence-corrected chi connectivity index (χ2v) is 4.54. The van der Waals surface area contributed by atoms with Crippen LogP contribution < -0.4 is 5.73 Å². The lowest BCUT2D eigenvalue weighted by Gasteiger charge is -2.16. The van der Waals surface area contributed by atoms with Gasteiger partial charge in [0.05, 0.1) is 12.6 Å². The van der Waals surface area contributed by atoms with Gasteiger partial charge >= 0.3 is 0 Å².